The fourth-order valence-electron chi connectivity index (χ4n) is 1.62. The van der Waals surface area contributed by atoms with Crippen LogP contribution in [-0.4, -0.2) is 11.8 Å². The summed E-state index contributed by atoms with van der Waals surface area (Å²) in [5.41, 5.74) is 1.72. The van der Waals surface area contributed by atoms with Gasteiger partial charge in [0.25, 0.3) is 0 Å². The van der Waals surface area contributed by atoms with E-state index in [1.807, 2.05) is 58.9 Å². The minimum Gasteiger partial charge on any atom is -0.352 e. The Hall–Kier alpha value is -1.84. The van der Waals surface area contributed by atoms with Gasteiger partial charge in [-0.15, -0.1) is 0 Å². The first-order valence-corrected chi connectivity index (χ1v) is 7.34. The molecular formula is C17H26N2O2. The minimum absolute atomic E-state index is 0.00289. The lowest BCUT2D eigenvalue weighted by molar-refractivity contribution is -0.128. The molecule has 0 unspecified atom stereocenters. The molecule has 1 aromatic rings. The van der Waals surface area contributed by atoms with Crippen molar-refractivity contribution in [3.63, 3.8) is 0 Å². The largest absolute Gasteiger partial charge is 0.352 e. The van der Waals surface area contributed by atoms with E-state index in [0.29, 0.717) is 13.1 Å². The van der Waals surface area contributed by atoms with Crippen LogP contribution >= 0.6 is 0 Å². The Morgan fingerprint density at radius 3 is 1.76 bits per heavy atom. The first kappa shape index (κ1) is 17.2. The maximum Gasteiger partial charge on any atom is 0.225 e. The summed E-state index contributed by atoms with van der Waals surface area (Å²) in [5, 5.41) is 5.79. The molecule has 1 rings (SSSR count). The van der Waals surface area contributed by atoms with Crippen molar-refractivity contribution in [3.05, 3.63) is 35.4 Å². The van der Waals surface area contributed by atoms with Gasteiger partial charge in [0.15, 0.2) is 0 Å². The van der Waals surface area contributed by atoms with Gasteiger partial charge in [-0.25, -0.2) is 0 Å². The van der Waals surface area contributed by atoms with Gasteiger partial charge in [-0.2, -0.15) is 0 Å². The molecule has 0 atom stereocenters. The second-order valence-electron chi connectivity index (χ2n) is 6.62. The van der Waals surface area contributed by atoms with Crippen LogP contribution in [0.25, 0.3) is 0 Å². The molecule has 116 valence electrons. The molecule has 4 nitrogen and oxygen atoms in total. The van der Waals surface area contributed by atoms with Crippen molar-refractivity contribution in [1.29, 1.82) is 0 Å². The van der Waals surface area contributed by atoms with Gasteiger partial charge in [0.2, 0.25) is 11.8 Å². The number of carbonyl (C=O) groups is 2. The Morgan fingerprint density at radius 1 is 0.952 bits per heavy atom. The maximum absolute atomic E-state index is 11.8. The average Bonchev–Trinajstić information content (AvgIpc) is 2.42. The molecule has 1 aromatic carbocycles. The number of hydrogen-bond donors (Lipinski definition) is 2. The molecule has 0 heterocycles. The molecule has 0 aliphatic rings. The van der Waals surface area contributed by atoms with Crippen LogP contribution in [0.15, 0.2) is 24.3 Å². The van der Waals surface area contributed by atoms with Crippen LogP contribution in [0.2, 0.25) is 0 Å². The van der Waals surface area contributed by atoms with E-state index in [1.54, 1.807) is 0 Å². The van der Waals surface area contributed by atoms with Crippen LogP contribution in [0.1, 0.15) is 45.7 Å². The SMILES string of the molecule is CC(C)C(=O)NCc1ccc(CNC(=O)C(C)(C)C)cc1. The molecule has 0 radical (unpaired) electrons. The Bertz CT molecular complexity index is 485. The highest BCUT2D eigenvalue weighted by atomic mass is 16.2. The third-order valence-electron chi connectivity index (χ3n) is 3.15. The van der Waals surface area contributed by atoms with E-state index in [1.165, 1.54) is 0 Å². The summed E-state index contributed by atoms with van der Waals surface area (Å²) in [5.74, 6) is 0.0872. The van der Waals surface area contributed by atoms with Gasteiger partial charge in [0, 0.05) is 24.4 Å². The lowest BCUT2D eigenvalue weighted by Gasteiger charge is -2.17. The van der Waals surface area contributed by atoms with E-state index in [2.05, 4.69) is 10.6 Å². The van der Waals surface area contributed by atoms with Crippen molar-refractivity contribution in [2.24, 2.45) is 11.3 Å². The van der Waals surface area contributed by atoms with Gasteiger partial charge in [0.1, 0.15) is 0 Å². The van der Waals surface area contributed by atoms with E-state index in [-0.39, 0.29) is 23.1 Å². The lowest BCUT2D eigenvalue weighted by Crippen LogP contribution is -2.34. The summed E-state index contributed by atoms with van der Waals surface area (Å²) >= 11 is 0. The van der Waals surface area contributed by atoms with Gasteiger partial charge in [0.05, 0.1) is 0 Å². The number of carbonyl (C=O) groups excluding carboxylic acids is 2. The van der Waals surface area contributed by atoms with Crippen molar-refractivity contribution in [3.8, 4) is 0 Å². The molecule has 0 fully saturated rings. The van der Waals surface area contributed by atoms with E-state index >= 15 is 0 Å². The Kier molecular flexibility index (Phi) is 5.94. The van der Waals surface area contributed by atoms with Crippen LogP contribution in [-0.2, 0) is 22.7 Å². The molecule has 2 N–H and O–H groups in total. The van der Waals surface area contributed by atoms with Crippen molar-refractivity contribution >= 4 is 11.8 Å². The van der Waals surface area contributed by atoms with Crippen LogP contribution in [0.4, 0.5) is 0 Å². The highest BCUT2D eigenvalue weighted by Gasteiger charge is 2.20. The molecule has 0 bridgehead atoms. The lowest BCUT2D eigenvalue weighted by atomic mass is 9.95. The standard InChI is InChI=1S/C17H26N2O2/c1-12(2)15(20)18-10-13-6-8-14(9-7-13)11-19-16(21)17(3,4)5/h6-9,12H,10-11H2,1-5H3,(H,18,20)(H,19,21). The highest BCUT2D eigenvalue weighted by molar-refractivity contribution is 5.81. The van der Waals surface area contributed by atoms with E-state index < -0.39 is 0 Å². The molecule has 0 spiro atoms. The first-order chi connectivity index (χ1) is 9.70. The van der Waals surface area contributed by atoms with E-state index in [4.69, 9.17) is 0 Å². The summed E-state index contributed by atoms with van der Waals surface area (Å²) in [6.07, 6.45) is 0. The topological polar surface area (TPSA) is 58.2 Å². The molecule has 0 aliphatic heterocycles. The zero-order valence-corrected chi connectivity index (χ0v) is 13.6. The molecular weight excluding hydrogens is 264 g/mol. The summed E-state index contributed by atoms with van der Waals surface area (Å²) in [6.45, 7) is 10.5. The zero-order chi connectivity index (χ0) is 16.0. The molecule has 21 heavy (non-hydrogen) atoms. The van der Waals surface area contributed by atoms with Gasteiger partial charge in [-0.1, -0.05) is 58.9 Å². The Labute approximate surface area is 127 Å². The minimum atomic E-state index is -0.374. The number of benzene rings is 1. The van der Waals surface area contributed by atoms with Gasteiger partial charge in [-0.05, 0) is 11.1 Å². The maximum atomic E-state index is 11.8. The smallest absolute Gasteiger partial charge is 0.225 e. The van der Waals surface area contributed by atoms with Crippen molar-refractivity contribution in [1.82, 2.24) is 10.6 Å². The molecule has 0 aliphatic carbocycles. The summed E-state index contributed by atoms with van der Waals surface area (Å²) in [7, 11) is 0. The average molecular weight is 290 g/mol. The van der Waals surface area contributed by atoms with Gasteiger partial charge >= 0.3 is 0 Å². The third-order valence-corrected chi connectivity index (χ3v) is 3.15. The number of hydrogen-bond acceptors (Lipinski definition) is 2. The zero-order valence-electron chi connectivity index (χ0n) is 13.6. The fourth-order valence-corrected chi connectivity index (χ4v) is 1.62. The first-order valence-electron chi connectivity index (χ1n) is 7.34. The fraction of sp³-hybridized carbons (Fsp3) is 0.529. The molecule has 0 aromatic heterocycles. The number of rotatable bonds is 5. The predicted octanol–water partition coefficient (Wildman–Crippen LogP) is 2.62. The molecule has 0 saturated heterocycles. The molecule has 0 saturated carbocycles. The Balaban J connectivity index is 2.47. The van der Waals surface area contributed by atoms with Crippen molar-refractivity contribution in [2.75, 3.05) is 0 Å². The van der Waals surface area contributed by atoms with Gasteiger partial charge < -0.3 is 10.6 Å². The van der Waals surface area contributed by atoms with Crippen LogP contribution in [0.3, 0.4) is 0 Å². The monoisotopic (exact) mass is 290 g/mol. The number of amides is 2. The quantitative estimate of drug-likeness (QED) is 0.876. The van der Waals surface area contributed by atoms with Gasteiger partial charge in [-0.3, -0.25) is 9.59 Å². The third kappa shape index (κ3) is 5.98. The molecule has 4 heteroatoms. The van der Waals surface area contributed by atoms with E-state index in [9.17, 15) is 9.59 Å². The second kappa shape index (κ2) is 7.25. The summed E-state index contributed by atoms with van der Waals surface area (Å²) in [6, 6.07) is 7.89. The summed E-state index contributed by atoms with van der Waals surface area (Å²) < 4.78 is 0. The van der Waals surface area contributed by atoms with Crippen molar-refractivity contribution in [2.45, 2.75) is 47.7 Å². The van der Waals surface area contributed by atoms with Crippen LogP contribution in [0, 0.1) is 11.3 Å². The Morgan fingerprint density at radius 2 is 1.38 bits per heavy atom. The molecule has 2 amide bonds. The highest BCUT2D eigenvalue weighted by Crippen LogP contribution is 2.13. The normalized spacial score (nSPS) is 11.3. The van der Waals surface area contributed by atoms with Crippen molar-refractivity contribution < 1.29 is 9.59 Å². The van der Waals surface area contributed by atoms with Crippen LogP contribution < -0.4 is 10.6 Å². The number of nitrogens with one attached hydrogen (secondary N) is 2. The predicted molar refractivity (Wildman–Crippen MR) is 84.4 cm³/mol. The van der Waals surface area contributed by atoms with Crippen LogP contribution in [0.5, 0.6) is 0 Å². The van der Waals surface area contributed by atoms with E-state index in [0.717, 1.165) is 11.1 Å². The summed E-state index contributed by atoms with van der Waals surface area (Å²) in [4.78, 5) is 23.3. The second-order valence-corrected chi connectivity index (χ2v) is 6.62.